The number of rotatable bonds is 10. The van der Waals surface area contributed by atoms with Crippen molar-refractivity contribution in [2.45, 2.75) is 6.54 Å². The van der Waals surface area contributed by atoms with Crippen molar-refractivity contribution in [1.29, 1.82) is 0 Å². The lowest BCUT2D eigenvalue weighted by atomic mass is 10.2. The van der Waals surface area contributed by atoms with Gasteiger partial charge in [0.2, 0.25) is 0 Å². The fourth-order valence-electron chi connectivity index (χ4n) is 4.56. The second kappa shape index (κ2) is 13.1. The van der Waals surface area contributed by atoms with Crippen molar-refractivity contribution >= 4 is 68.0 Å². The monoisotopic (exact) mass is 617 g/mol. The largest absolute Gasteiger partial charge is 0.495 e. The molecule has 1 aliphatic rings. The van der Waals surface area contributed by atoms with E-state index < -0.39 is 5.91 Å². The first-order chi connectivity index (χ1) is 19.9. The zero-order valence-corrected chi connectivity index (χ0v) is 24.8. The van der Waals surface area contributed by atoms with E-state index in [2.05, 4.69) is 35.4 Å². The summed E-state index contributed by atoms with van der Waals surface area (Å²) >= 11 is 14.2. The standard InChI is InChI=1S/C27H29Cl2N7O4S/c1-39-18-11-19(40-2)22(29)24(21(18)28)34-27(38)17-14-41-25-23(17)31-15-32-26(25)33-20-4-3-16(12-30-20)13-36-7-5-35(6-8-36)9-10-37/h3-4,11-12,14-15,37H,5-10,13H2,1-2H3,(H,34,38)(H,30,31,32,33). The molecule has 5 rings (SSSR count). The summed E-state index contributed by atoms with van der Waals surface area (Å²) in [5.74, 6) is 1.35. The third-order valence-corrected chi connectivity index (χ3v) is 8.50. The molecule has 0 bridgehead atoms. The Hall–Kier alpha value is -3.26. The first kappa shape index (κ1) is 29.2. The molecule has 0 saturated carbocycles. The van der Waals surface area contributed by atoms with Crippen LogP contribution >= 0.6 is 34.5 Å². The number of piperazine rings is 1. The zero-order valence-electron chi connectivity index (χ0n) is 22.5. The highest BCUT2D eigenvalue weighted by Gasteiger charge is 2.23. The van der Waals surface area contributed by atoms with Gasteiger partial charge in [-0.3, -0.25) is 14.6 Å². The van der Waals surface area contributed by atoms with Crippen molar-refractivity contribution < 1.29 is 19.4 Å². The predicted molar refractivity (Wildman–Crippen MR) is 161 cm³/mol. The molecule has 0 spiro atoms. The number of hydrogen-bond donors (Lipinski definition) is 3. The molecule has 3 aromatic heterocycles. The topological polar surface area (TPSA) is 125 Å². The van der Waals surface area contributed by atoms with Gasteiger partial charge in [0, 0.05) is 56.9 Å². The van der Waals surface area contributed by atoms with Gasteiger partial charge in [-0.1, -0.05) is 29.3 Å². The molecule has 1 aromatic carbocycles. The van der Waals surface area contributed by atoms with Crippen LogP contribution in [0.1, 0.15) is 15.9 Å². The first-order valence-corrected chi connectivity index (χ1v) is 14.5. The number of fused-ring (bicyclic) bond motifs is 1. The van der Waals surface area contributed by atoms with Gasteiger partial charge in [0.15, 0.2) is 5.82 Å². The van der Waals surface area contributed by atoms with Crippen molar-refractivity contribution in [3.8, 4) is 11.5 Å². The average molecular weight is 619 g/mol. The molecule has 0 atom stereocenters. The van der Waals surface area contributed by atoms with Crippen LogP contribution in [0.4, 0.5) is 17.3 Å². The molecule has 1 amide bonds. The van der Waals surface area contributed by atoms with Crippen LogP contribution in [0.2, 0.25) is 10.0 Å². The van der Waals surface area contributed by atoms with Crippen molar-refractivity contribution in [1.82, 2.24) is 24.8 Å². The number of carbonyl (C=O) groups excluding carboxylic acids is 1. The summed E-state index contributed by atoms with van der Waals surface area (Å²) in [5, 5.41) is 17.2. The van der Waals surface area contributed by atoms with E-state index in [4.69, 9.17) is 37.8 Å². The Labute approximate surface area is 251 Å². The molecule has 1 aliphatic heterocycles. The highest BCUT2D eigenvalue weighted by molar-refractivity contribution is 7.18. The SMILES string of the molecule is COc1cc(OC)c(Cl)c(NC(=O)c2csc3c(Nc4ccc(CN5CCN(CCO)CC5)cn4)ncnc23)c1Cl. The number of ether oxygens (including phenoxy) is 2. The van der Waals surface area contributed by atoms with E-state index in [9.17, 15) is 4.79 Å². The number of benzene rings is 1. The minimum atomic E-state index is -0.445. The summed E-state index contributed by atoms with van der Waals surface area (Å²) in [7, 11) is 2.92. The number of aliphatic hydroxyl groups excluding tert-OH is 1. The smallest absolute Gasteiger partial charge is 0.258 e. The second-order valence-electron chi connectivity index (χ2n) is 9.31. The fourth-order valence-corrected chi connectivity index (χ4v) is 6.10. The van der Waals surface area contributed by atoms with Crippen LogP contribution in [-0.4, -0.2) is 89.3 Å². The molecule has 4 heterocycles. The molecule has 0 radical (unpaired) electrons. The minimum absolute atomic E-state index is 0.154. The van der Waals surface area contributed by atoms with E-state index >= 15 is 0 Å². The van der Waals surface area contributed by atoms with E-state index in [-0.39, 0.29) is 22.3 Å². The van der Waals surface area contributed by atoms with Crippen molar-refractivity contribution in [2.75, 3.05) is 64.2 Å². The van der Waals surface area contributed by atoms with E-state index in [1.807, 2.05) is 18.3 Å². The number of methoxy groups -OCH3 is 2. The van der Waals surface area contributed by atoms with Crippen LogP contribution in [0.5, 0.6) is 11.5 Å². The summed E-state index contributed by atoms with van der Waals surface area (Å²) in [4.78, 5) is 31.3. The van der Waals surface area contributed by atoms with Crippen molar-refractivity contribution in [3.05, 3.63) is 57.3 Å². The van der Waals surface area contributed by atoms with Crippen molar-refractivity contribution in [3.63, 3.8) is 0 Å². The number of aromatic nitrogens is 3. The number of amides is 1. The van der Waals surface area contributed by atoms with Gasteiger partial charge in [0.05, 0.1) is 42.3 Å². The zero-order chi connectivity index (χ0) is 28.9. The third-order valence-electron chi connectivity index (χ3n) is 6.77. The lowest BCUT2D eigenvalue weighted by molar-refractivity contribution is 0.102. The van der Waals surface area contributed by atoms with Crippen LogP contribution in [0.3, 0.4) is 0 Å². The number of nitrogens with one attached hydrogen (secondary N) is 2. The Morgan fingerprint density at radius 3 is 2.39 bits per heavy atom. The van der Waals surface area contributed by atoms with E-state index in [0.717, 1.165) is 44.8 Å². The minimum Gasteiger partial charge on any atom is -0.495 e. The summed E-state index contributed by atoms with van der Waals surface area (Å²) in [6.07, 6.45) is 3.25. The predicted octanol–water partition coefficient (Wildman–Crippen LogP) is 4.52. The maximum atomic E-state index is 13.3. The lowest BCUT2D eigenvalue weighted by Crippen LogP contribution is -2.46. The van der Waals surface area contributed by atoms with Gasteiger partial charge in [-0.15, -0.1) is 11.3 Å². The summed E-state index contributed by atoms with van der Waals surface area (Å²) in [6.45, 7) is 5.54. The molecule has 0 unspecified atom stereocenters. The molecule has 4 aromatic rings. The number of carbonyl (C=O) groups is 1. The number of nitrogens with zero attached hydrogens (tertiary/aromatic N) is 5. The Balaban J connectivity index is 1.29. The Bertz CT molecular complexity index is 1500. The molecule has 14 heteroatoms. The molecule has 41 heavy (non-hydrogen) atoms. The number of halogens is 2. The van der Waals surface area contributed by atoms with Gasteiger partial charge < -0.3 is 25.2 Å². The number of pyridine rings is 1. The Morgan fingerprint density at radius 2 is 1.76 bits per heavy atom. The molecule has 11 nitrogen and oxygen atoms in total. The molecule has 1 saturated heterocycles. The normalized spacial score (nSPS) is 14.3. The maximum Gasteiger partial charge on any atom is 0.258 e. The van der Waals surface area contributed by atoms with Crippen LogP contribution in [-0.2, 0) is 6.54 Å². The van der Waals surface area contributed by atoms with Gasteiger partial charge in [0.25, 0.3) is 5.91 Å². The average Bonchev–Trinajstić information content (AvgIpc) is 3.43. The van der Waals surface area contributed by atoms with Gasteiger partial charge >= 0.3 is 0 Å². The van der Waals surface area contributed by atoms with Crippen LogP contribution in [0, 0.1) is 0 Å². The van der Waals surface area contributed by atoms with Gasteiger partial charge in [-0.25, -0.2) is 15.0 Å². The summed E-state index contributed by atoms with van der Waals surface area (Å²) in [5.41, 5.74) is 2.11. The number of β-amino-alcohol motifs (C(OH)–C–C–N with tert-alkyl or cyclic N) is 1. The summed E-state index contributed by atoms with van der Waals surface area (Å²) < 4.78 is 11.3. The Morgan fingerprint density at radius 1 is 1.05 bits per heavy atom. The molecule has 0 aliphatic carbocycles. The maximum absolute atomic E-state index is 13.3. The van der Waals surface area contributed by atoms with Crippen LogP contribution in [0.15, 0.2) is 36.1 Å². The van der Waals surface area contributed by atoms with E-state index in [0.29, 0.717) is 38.9 Å². The quantitative estimate of drug-likeness (QED) is 0.234. The van der Waals surface area contributed by atoms with Crippen LogP contribution in [0.25, 0.3) is 10.2 Å². The second-order valence-corrected chi connectivity index (χ2v) is 10.9. The lowest BCUT2D eigenvalue weighted by Gasteiger charge is -2.34. The molecule has 1 fully saturated rings. The van der Waals surface area contributed by atoms with Crippen molar-refractivity contribution in [2.24, 2.45) is 0 Å². The Kier molecular flexibility index (Phi) is 9.38. The molecular weight excluding hydrogens is 589 g/mol. The molecule has 3 N–H and O–H groups in total. The van der Waals surface area contributed by atoms with E-state index in [1.54, 1.807) is 11.4 Å². The number of hydrogen-bond acceptors (Lipinski definition) is 11. The number of thiophene rings is 1. The van der Waals surface area contributed by atoms with Gasteiger partial charge in [0.1, 0.15) is 33.7 Å². The highest BCUT2D eigenvalue weighted by atomic mass is 35.5. The third kappa shape index (κ3) is 6.48. The molecular formula is C27H29Cl2N7O4S. The summed E-state index contributed by atoms with van der Waals surface area (Å²) in [6, 6.07) is 5.50. The highest BCUT2D eigenvalue weighted by Crippen LogP contribution is 2.44. The van der Waals surface area contributed by atoms with Crippen LogP contribution < -0.4 is 20.1 Å². The van der Waals surface area contributed by atoms with Gasteiger partial charge in [-0.05, 0) is 11.6 Å². The first-order valence-electron chi connectivity index (χ1n) is 12.8. The van der Waals surface area contributed by atoms with Gasteiger partial charge in [-0.2, -0.15) is 0 Å². The number of aliphatic hydroxyl groups is 1. The fraction of sp³-hybridized carbons (Fsp3) is 0.333. The molecule has 216 valence electrons. The number of anilines is 3. The van der Waals surface area contributed by atoms with E-state index in [1.165, 1.54) is 31.9 Å².